The quantitative estimate of drug-likeness (QED) is 0.646. The highest BCUT2D eigenvalue weighted by molar-refractivity contribution is 5.81. The molecule has 138 valence electrons. The van der Waals surface area contributed by atoms with E-state index in [1.807, 2.05) is 6.07 Å². The highest BCUT2D eigenvalue weighted by atomic mass is 16.5. The SMILES string of the molecule is COc1cc(N)c(CC2CCN(C3(C)CCCCC3)CC2)cc1C=O. The number of nitrogens with zero attached hydrogens (tertiary/aromatic N) is 1. The molecule has 1 heterocycles. The first-order valence-electron chi connectivity index (χ1n) is 9.72. The third kappa shape index (κ3) is 4.00. The Bertz CT molecular complexity index is 600. The summed E-state index contributed by atoms with van der Waals surface area (Å²) in [5.74, 6) is 1.22. The summed E-state index contributed by atoms with van der Waals surface area (Å²) < 4.78 is 5.24. The van der Waals surface area contributed by atoms with Crippen LogP contribution in [0, 0.1) is 5.92 Å². The van der Waals surface area contributed by atoms with E-state index in [2.05, 4.69) is 11.8 Å². The standard InChI is InChI=1S/C21H32N2O2/c1-21(8-4-3-5-9-21)23-10-6-16(7-11-23)12-17-13-18(15-24)20(25-2)14-19(17)22/h13-16H,3-12,22H2,1-2H3. The minimum atomic E-state index is 0.424. The molecule has 0 aromatic heterocycles. The maximum atomic E-state index is 11.3. The van der Waals surface area contributed by atoms with E-state index in [-0.39, 0.29) is 0 Å². The van der Waals surface area contributed by atoms with Gasteiger partial charge in [0.15, 0.2) is 6.29 Å². The number of ether oxygens (including phenoxy) is 1. The van der Waals surface area contributed by atoms with Crippen LogP contribution in [0.25, 0.3) is 0 Å². The van der Waals surface area contributed by atoms with Crippen molar-refractivity contribution in [2.24, 2.45) is 5.92 Å². The Balaban J connectivity index is 1.61. The summed E-state index contributed by atoms with van der Waals surface area (Å²) in [5.41, 5.74) is 9.04. The number of carbonyl (C=O) groups excluding carboxylic acids is 1. The topological polar surface area (TPSA) is 55.6 Å². The zero-order chi connectivity index (χ0) is 17.9. The van der Waals surface area contributed by atoms with Crippen LogP contribution in [0.2, 0.25) is 0 Å². The minimum Gasteiger partial charge on any atom is -0.496 e. The lowest BCUT2D eigenvalue weighted by Crippen LogP contribution is -2.51. The number of likely N-dealkylation sites (tertiary alicyclic amines) is 1. The number of nitrogens with two attached hydrogens (primary N) is 1. The molecule has 0 spiro atoms. The van der Waals surface area contributed by atoms with Crippen LogP contribution in [0.1, 0.15) is 67.8 Å². The van der Waals surface area contributed by atoms with Crippen molar-refractivity contribution in [1.82, 2.24) is 4.90 Å². The lowest BCUT2D eigenvalue weighted by Gasteiger charge is -2.47. The van der Waals surface area contributed by atoms with Crippen molar-refractivity contribution in [1.29, 1.82) is 0 Å². The Labute approximate surface area is 151 Å². The van der Waals surface area contributed by atoms with Crippen LogP contribution in [0.4, 0.5) is 5.69 Å². The third-order valence-corrected chi connectivity index (χ3v) is 6.44. The average molecular weight is 344 g/mol. The molecule has 3 rings (SSSR count). The second kappa shape index (κ2) is 7.77. The number of benzene rings is 1. The zero-order valence-corrected chi connectivity index (χ0v) is 15.7. The molecule has 1 saturated heterocycles. The molecule has 25 heavy (non-hydrogen) atoms. The van der Waals surface area contributed by atoms with Gasteiger partial charge in [0.25, 0.3) is 0 Å². The van der Waals surface area contributed by atoms with Crippen molar-refractivity contribution in [3.63, 3.8) is 0 Å². The summed E-state index contributed by atoms with van der Waals surface area (Å²) in [6, 6.07) is 3.70. The van der Waals surface area contributed by atoms with Crippen LogP contribution < -0.4 is 10.5 Å². The van der Waals surface area contributed by atoms with Crippen LogP contribution in [-0.2, 0) is 6.42 Å². The number of piperidine rings is 1. The van der Waals surface area contributed by atoms with E-state index in [4.69, 9.17) is 10.5 Å². The first kappa shape index (κ1) is 18.2. The van der Waals surface area contributed by atoms with Gasteiger partial charge in [-0.3, -0.25) is 9.69 Å². The normalized spacial score (nSPS) is 21.8. The Morgan fingerprint density at radius 3 is 2.52 bits per heavy atom. The molecule has 4 nitrogen and oxygen atoms in total. The van der Waals surface area contributed by atoms with E-state index in [0.717, 1.165) is 24.0 Å². The lowest BCUT2D eigenvalue weighted by molar-refractivity contribution is 0.0341. The van der Waals surface area contributed by atoms with Gasteiger partial charge in [-0.1, -0.05) is 19.3 Å². The van der Waals surface area contributed by atoms with Crippen LogP contribution in [0.15, 0.2) is 12.1 Å². The molecule has 0 amide bonds. The molecule has 1 aliphatic heterocycles. The van der Waals surface area contributed by atoms with Crippen molar-refractivity contribution < 1.29 is 9.53 Å². The average Bonchev–Trinajstić information content (AvgIpc) is 2.64. The number of hydrogen-bond donors (Lipinski definition) is 1. The van der Waals surface area contributed by atoms with Crippen LogP contribution in [0.5, 0.6) is 5.75 Å². The molecule has 0 atom stereocenters. The highest BCUT2D eigenvalue weighted by Crippen LogP contribution is 2.37. The number of nitrogen functional groups attached to an aromatic ring is 1. The number of anilines is 1. The van der Waals surface area contributed by atoms with E-state index in [1.165, 1.54) is 58.0 Å². The Morgan fingerprint density at radius 2 is 1.92 bits per heavy atom. The van der Waals surface area contributed by atoms with Crippen LogP contribution in [-0.4, -0.2) is 36.9 Å². The Hall–Kier alpha value is -1.55. The highest BCUT2D eigenvalue weighted by Gasteiger charge is 2.35. The molecule has 0 unspecified atom stereocenters. The van der Waals surface area contributed by atoms with Gasteiger partial charge in [-0.2, -0.15) is 0 Å². The van der Waals surface area contributed by atoms with Crippen molar-refractivity contribution in [2.45, 2.75) is 63.8 Å². The number of rotatable bonds is 5. The number of hydrogen-bond acceptors (Lipinski definition) is 4. The predicted octanol–water partition coefficient (Wildman–Crippen LogP) is 4.07. The first-order chi connectivity index (χ1) is 12.1. The minimum absolute atomic E-state index is 0.424. The van der Waals surface area contributed by atoms with Crippen molar-refractivity contribution in [2.75, 3.05) is 25.9 Å². The summed E-state index contributed by atoms with van der Waals surface area (Å²) in [6.07, 6.45) is 11.1. The molecule has 1 aromatic carbocycles. The number of carbonyl (C=O) groups is 1. The maximum Gasteiger partial charge on any atom is 0.153 e. The lowest BCUT2D eigenvalue weighted by atomic mass is 9.79. The van der Waals surface area contributed by atoms with Crippen LogP contribution in [0.3, 0.4) is 0 Å². The first-order valence-corrected chi connectivity index (χ1v) is 9.72. The van der Waals surface area contributed by atoms with Crippen molar-refractivity contribution in [3.05, 3.63) is 23.3 Å². The van der Waals surface area contributed by atoms with Crippen molar-refractivity contribution in [3.8, 4) is 5.75 Å². The van der Waals surface area contributed by atoms with Crippen LogP contribution >= 0.6 is 0 Å². The summed E-state index contributed by atoms with van der Waals surface area (Å²) in [5, 5.41) is 0. The van der Waals surface area contributed by atoms with Gasteiger partial charge in [-0.15, -0.1) is 0 Å². The van der Waals surface area contributed by atoms with Gasteiger partial charge < -0.3 is 10.5 Å². The van der Waals surface area contributed by atoms with Gasteiger partial charge in [0.05, 0.1) is 12.7 Å². The molecule has 1 saturated carbocycles. The summed E-state index contributed by atoms with van der Waals surface area (Å²) in [4.78, 5) is 14.0. The zero-order valence-electron chi connectivity index (χ0n) is 15.7. The second-order valence-electron chi connectivity index (χ2n) is 8.10. The smallest absolute Gasteiger partial charge is 0.153 e. The summed E-state index contributed by atoms with van der Waals surface area (Å²) in [6.45, 7) is 4.85. The van der Waals surface area contributed by atoms with Gasteiger partial charge in [-0.25, -0.2) is 0 Å². The maximum absolute atomic E-state index is 11.3. The molecular formula is C21H32N2O2. The second-order valence-corrected chi connectivity index (χ2v) is 8.10. The molecule has 0 radical (unpaired) electrons. The van der Waals surface area contributed by atoms with E-state index < -0.39 is 0 Å². The molecule has 2 fully saturated rings. The fraction of sp³-hybridized carbons (Fsp3) is 0.667. The monoisotopic (exact) mass is 344 g/mol. The van der Waals surface area contributed by atoms with Gasteiger partial charge in [0, 0.05) is 17.3 Å². The molecule has 4 heteroatoms. The molecule has 2 N–H and O–H groups in total. The van der Waals surface area contributed by atoms with Gasteiger partial charge in [0.1, 0.15) is 5.75 Å². The van der Waals surface area contributed by atoms with Gasteiger partial charge in [-0.05, 0) is 69.7 Å². The van der Waals surface area contributed by atoms with E-state index >= 15 is 0 Å². The van der Waals surface area contributed by atoms with E-state index in [0.29, 0.717) is 22.8 Å². The molecule has 1 aliphatic carbocycles. The predicted molar refractivity (Wildman–Crippen MR) is 102 cm³/mol. The Kier molecular flexibility index (Phi) is 5.67. The fourth-order valence-electron chi connectivity index (χ4n) is 4.72. The molecule has 1 aromatic rings. The largest absolute Gasteiger partial charge is 0.496 e. The fourth-order valence-corrected chi connectivity index (χ4v) is 4.72. The molecule has 0 bridgehead atoms. The van der Waals surface area contributed by atoms with Gasteiger partial charge >= 0.3 is 0 Å². The number of aldehydes is 1. The van der Waals surface area contributed by atoms with E-state index in [9.17, 15) is 4.79 Å². The summed E-state index contributed by atoms with van der Waals surface area (Å²) >= 11 is 0. The third-order valence-electron chi connectivity index (χ3n) is 6.44. The molecule has 2 aliphatic rings. The summed E-state index contributed by atoms with van der Waals surface area (Å²) in [7, 11) is 1.57. The number of methoxy groups -OCH3 is 1. The van der Waals surface area contributed by atoms with Gasteiger partial charge in [0.2, 0.25) is 0 Å². The Morgan fingerprint density at radius 1 is 1.24 bits per heavy atom. The van der Waals surface area contributed by atoms with E-state index in [1.54, 1.807) is 13.2 Å². The van der Waals surface area contributed by atoms with Crippen molar-refractivity contribution >= 4 is 12.0 Å². The molecular weight excluding hydrogens is 312 g/mol.